The van der Waals surface area contributed by atoms with E-state index in [2.05, 4.69) is 25.5 Å². The minimum absolute atomic E-state index is 0.184. The molecule has 0 aliphatic heterocycles. The zero-order chi connectivity index (χ0) is 25.4. The monoisotopic (exact) mass is 505 g/mol. The molecule has 2 aromatic heterocycles. The van der Waals surface area contributed by atoms with Crippen LogP contribution in [0.4, 0.5) is 5.69 Å². The standard InChI is InChI=1S/C26H28N5O4P/c1-3-34-36(33,35-4-2)21-14-12-19(13-15-21)17-23(20-9-6-5-7-10-20)29-24-18-27-25(30-26(24)32)22-11-8-16-28-31-22/h5-16,18,23,29H,3-4,17H2,1-2H3,(H,27,30,32). The second-order valence-corrected chi connectivity index (χ2v) is 9.88. The highest BCUT2D eigenvalue weighted by molar-refractivity contribution is 7.62. The van der Waals surface area contributed by atoms with Crippen molar-refractivity contribution in [3.8, 4) is 17.4 Å². The largest absolute Gasteiger partial charge is 0.492 e. The Labute approximate surface area is 210 Å². The summed E-state index contributed by atoms with van der Waals surface area (Å²) in [4.78, 5) is 8.53. The molecule has 1 unspecified atom stereocenters. The third kappa shape index (κ3) is 6.12. The highest BCUT2D eigenvalue weighted by atomic mass is 31.2. The van der Waals surface area contributed by atoms with Crippen molar-refractivity contribution in [1.29, 1.82) is 0 Å². The van der Waals surface area contributed by atoms with E-state index in [0.717, 1.165) is 11.1 Å². The molecule has 0 amide bonds. The maximum Gasteiger partial charge on any atom is 0.361 e. The third-order valence-electron chi connectivity index (χ3n) is 5.39. The summed E-state index contributed by atoms with van der Waals surface area (Å²) in [6, 6.07) is 20.5. The zero-order valence-corrected chi connectivity index (χ0v) is 21.0. The van der Waals surface area contributed by atoms with Crippen molar-refractivity contribution in [2.45, 2.75) is 26.3 Å². The first-order valence-corrected chi connectivity index (χ1v) is 13.2. The van der Waals surface area contributed by atoms with Gasteiger partial charge < -0.3 is 19.5 Å². The fourth-order valence-electron chi connectivity index (χ4n) is 3.72. The van der Waals surface area contributed by atoms with Gasteiger partial charge >= 0.3 is 7.60 Å². The van der Waals surface area contributed by atoms with Crippen molar-refractivity contribution in [2.24, 2.45) is 0 Å². The first-order chi connectivity index (χ1) is 17.5. The molecule has 10 heteroatoms. The van der Waals surface area contributed by atoms with Gasteiger partial charge in [-0.25, -0.2) is 4.98 Å². The molecule has 9 nitrogen and oxygen atoms in total. The lowest BCUT2D eigenvalue weighted by Crippen LogP contribution is -2.15. The van der Waals surface area contributed by atoms with Crippen LogP contribution in [-0.2, 0) is 20.0 Å². The molecule has 0 aliphatic carbocycles. The Morgan fingerprint density at radius 1 is 0.972 bits per heavy atom. The number of anilines is 1. The highest BCUT2D eigenvalue weighted by Crippen LogP contribution is 2.46. The summed E-state index contributed by atoms with van der Waals surface area (Å²) >= 11 is 0. The molecular formula is C26H28N5O4P. The average Bonchev–Trinajstić information content (AvgIpc) is 2.91. The maximum absolute atomic E-state index is 13.1. The van der Waals surface area contributed by atoms with Crippen LogP contribution in [-0.4, -0.2) is 38.5 Å². The van der Waals surface area contributed by atoms with E-state index < -0.39 is 7.60 Å². The lowest BCUT2D eigenvalue weighted by atomic mass is 9.98. The number of benzene rings is 2. The van der Waals surface area contributed by atoms with Crippen molar-refractivity contribution < 1.29 is 18.7 Å². The predicted octanol–water partition coefficient (Wildman–Crippen LogP) is 4.93. The zero-order valence-electron chi connectivity index (χ0n) is 20.1. The van der Waals surface area contributed by atoms with Crippen LogP contribution in [0, 0.1) is 0 Å². The Bertz CT molecular complexity index is 1300. The molecule has 186 valence electrons. The van der Waals surface area contributed by atoms with Crippen molar-refractivity contribution in [3.63, 3.8) is 0 Å². The topological polar surface area (TPSA) is 119 Å². The van der Waals surface area contributed by atoms with Crippen LogP contribution in [0.25, 0.3) is 11.5 Å². The SMILES string of the molecule is CCOP(=O)(OCC)c1ccc(CC(Nc2cnc(-c3cccnn3)nc2O)c2ccccc2)cc1. The summed E-state index contributed by atoms with van der Waals surface area (Å²) in [6.07, 6.45) is 3.68. The smallest absolute Gasteiger partial charge is 0.361 e. The van der Waals surface area contributed by atoms with E-state index in [4.69, 9.17) is 9.05 Å². The van der Waals surface area contributed by atoms with Crippen LogP contribution >= 0.6 is 7.60 Å². The number of hydrogen-bond donors (Lipinski definition) is 2. The first-order valence-electron chi connectivity index (χ1n) is 11.7. The molecule has 0 aliphatic rings. The molecule has 4 aromatic rings. The quantitative estimate of drug-likeness (QED) is 0.274. The molecular weight excluding hydrogens is 477 g/mol. The van der Waals surface area contributed by atoms with Crippen LogP contribution in [0.3, 0.4) is 0 Å². The number of hydrogen-bond acceptors (Lipinski definition) is 9. The summed E-state index contributed by atoms with van der Waals surface area (Å²) in [5.74, 6) is 0.0994. The van der Waals surface area contributed by atoms with Crippen LogP contribution < -0.4 is 10.6 Å². The highest BCUT2D eigenvalue weighted by Gasteiger charge is 2.26. The van der Waals surface area contributed by atoms with Gasteiger partial charge in [-0.3, -0.25) is 4.57 Å². The number of aromatic nitrogens is 4. The van der Waals surface area contributed by atoms with Gasteiger partial charge in [-0.05, 0) is 55.7 Å². The number of aromatic hydroxyl groups is 1. The molecule has 2 N–H and O–H groups in total. The second-order valence-electron chi connectivity index (χ2n) is 7.85. The Hall–Kier alpha value is -3.65. The molecule has 0 saturated carbocycles. The maximum atomic E-state index is 13.1. The van der Waals surface area contributed by atoms with Gasteiger partial charge in [0, 0.05) is 6.20 Å². The summed E-state index contributed by atoms with van der Waals surface area (Å²) in [7, 11) is -3.35. The van der Waals surface area contributed by atoms with Gasteiger partial charge in [0.2, 0.25) is 5.88 Å². The fraction of sp³-hybridized carbons (Fsp3) is 0.231. The van der Waals surface area contributed by atoms with Crippen LogP contribution in [0.5, 0.6) is 5.88 Å². The molecule has 2 aromatic carbocycles. The third-order valence-corrected chi connectivity index (χ3v) is 7.52. The van der Waals surface area contributed by atoms with Gasteiger partial charge in [0.1, 0.15) is 11.4 Å². The van der Waals surface area contributed by atoms with Gasteiger partial charge in [0.25, 0.3) is 0 Å². The average molecular weight is 506 g/mol. The minimum atomic E-state index is -3.35. The summed E-state index contributed by atoms with van der Waals surface area (Å²) in [5.41, 5.74) is 2.88. The van der Waals surface area contributed by atoms with E-state index in [9.17, 15) is 9.67 Å². The Kier molecular flexibility index (Phi) is 8.38. The lowest BCUT2D eigenvalue weighted by Gasteiger charge is -2.22. The summed E-state index contributed by atoms with van der Waals surface area (Å²) in [6.45, 7) is 4.16. The molecule has 2 heterocycles. The van der Waals surface area contributed by atoms with E-state index in [1.165, 1.54) is 6.20 Å². The molecule has 4 rings (SSSR count). The molecule has 36 heavy (non-hydrogen) atoms. The van der Waals surface area contributed by atoms with Gasteiger partial charge in [0.15, 0.2) is 5.82 Å². The van der Waals surface area contributed by atoms with Crippen molar-refractivity contribution >= 4 is 18.6 Å². The molecule has 0 radical (unpaired) electrons. The lowest BCUT2D eigenvalue weighted by molar-refractivity contribution is 0.230. The van der Waals surface area contributed by atoms with Crippen molar-refractivity contribution in [3.05, 3.63) is 90.3 Å². The molecule has 0 spiro atoms. The van der Waals surface area contributed by atoms with Crippen LogP contribution in [0.2, 0.25) is 0 Å². The van der Waals surface area contributed by atoms with Gasteiger partial charge in [-0.15, -0.1) is 5.10 Å². The number of nitrogens with one attached hydrogen (secondary N) is 1. The van der Waals surface area contributed by atoms with E-state index in [-0.39, 0.29) is 17.7 Å². The van der Waals surface area contributed by atoms with Gasteiger partial charge in [-0.1, -0.05) is 42.5 Å². The Balaban J connectivity index is 1.57. The van der Waals surface area contributed by atoms with Gasteiger partial charge in [-0.2, -0.15) is 10.1 Å². The van der Waals surface area contributed by atoms with E-state index in [1.807, 2.05) is 42.5 Å². The van der Waals surface area contributed by atoms with E-state index in [1.54, 1.807) is 44.3 Å². The fourth-order valence-corrected chi connectivity index (χ4v) is 5.29. The van der Waals surface area contributed by atoms with Crippen LogP contribution in [0.1, 0.15) is 31.0 Å². The summed E-state index contributed by atoms with van der Waals surface area (Å²) < 4.78 is 24.0. The molecule has 0 bridgehead atoms. The minimum Gasteiger partial charge on any atom is -0.492 e. The number of nitrogens with zero attached hydrogens (tertiary/aromatic N) is 4. The first kappa shape index (κ1) is 25.4. The molecule has 1 atom stereocenters. The van der Waals surface area contributed by atoms with E-state index in [0.29, 0.717) is 36.3 Å². The van der Waals surface area contributed by atoms with Crippen molar-refractivity contribution in [1.82, 2.24) is 20.2 Å². The predicted molar refractivity (Wildman–Crippen MR) is 138 cm³/mol. The van der Waals surface area contributed by atoms with Crippen molar-refractivity contribution in [2.75, 3.05) is 18.5 Å². The Morgan fingerprint density at radius 2 is 1.69 bits per heavy atom. The van der Waals surface area contributed by atoms with Crippen LogP contribution in [0.15, 0.2) is 79.1 Å². The molecule has 0 saturated heterocycles. The van der Waals surface area contributed by atoms with E-state index >= 15 is 0 Å². The summed E-state index contributed by atoms with van der Waals surface area (Å²) in [5, 5.41) is 22.3. The Morgan fingerprint density at radius 3 is 2.31 bits per heavy atom. The molecule has 0 fully saturated rings. The number of rotatable bonds is 11. The van der Waals surface area contributed by atoms with Gasteiger partial charge in [0.05, 0.1) is 30.8 Å². The second kappa shape index (κ2) is 11.9. The normalized spacial score (nSPS) is 12.3.